The first-order valence-electron chi connectivity index (χ1n) is 8.16. The van der Waals surface area contributed by atoms with Crippen LogP contribution in [0.4, 0.5) is 0 Å². The van der Waals surface area contributed by atoms with E-state index in [1.54, 1.807) is 12.1 Å². The van der Waals surface area contributed by atoms with E-state index in [1.807, 2.05) is 24.3 Å². The molecule has 1 amide bonds. The Bertz CT molecular complexity index is 921. The Balaban J connectivity index is 1.71. The number of nitrogens with zero attached hydrogens (tertiary/aromatic N) is 2. The van der Waals surface area contributed by atoms with E-state index in [4.69, 9.17) is 0 Å². The maximum Gasteiger partial charge on any atom is 0.271 e. The predicted molar refractivity (Wildman–Crippen MR) is 104 cm³/mol. The van der Waals surface area contributed by atoms with Crippen LogP contribution in [0.5, 0.6) is 0 Å². The fourth-order valence-electron chi connectivity index (χ4n) is 2.65. The molecule has 8 heteroatoms. The molecule has 0 spiro atoms. The maximum absolute atomic E-state index is 12.6. The first kappa shape index (κ1) is 18.8. The van der Waals surface area contributed by atoms with Crippen LogP contribution >= 0.6 is 15.9 Å². The van der Waals surface area contributed by atoms with Crippen LogP contribution < -0.4 is 5.43 Å². The molecule has 136 valence electrons. The number of hydrogen-bond acceptors (Lipinski definition) is 4. The molecule has 3 rings (SSSR count). The SMILES string of the molecule is O=C(NN=Cc1ccc(Br)cc1)c1cccc(S(=O)(=O)N2CCCC2)c1. The van der Waals surface area contributed by atoms with Crippen LogP contribution in [0, 0.1) is 0 Å². The molecule has 26 heavy (non-hydrogen) atoms. The molecule has 1 aliphatic heterocycles. The predicted octanol–water partition coefficient (Wildman–Crippen LogP) is 3.00. The average molecular weight is 436 g/mol. The summed E-state index contributed by atoms with van der Waals surface area (Å²) in [6.07, 6.45) is 3.25. The Hall–Kier alpha value is -2.03. The van der Waals surface area contributed by atoms with Crippen molar-refractivity contribution < 1.29 is 13.2 Å². The molecular weight excluding hydrogens is 418 g/mol. The Morgan fingerprint density at radius 2 is 1.81 bits per heavy atom. The van der Waals surface area contributed by atoms with Gasteiger partial charge in [0.1, 0.15) is 0 Å². The minimum Gasteiger partial charge on any atom is -0.267 e. The molecule has 0 bridgehead atoms. The molecule has 1 heterocycles. The van der Waals surface area contributed by atoms with E-state index in [-0.39, 0.29) is 10.5 Å². The molecule has 1 fully saturated rings. The van der Waals surface area contributed by atoms with Crippen LogP contribution in [0.1, 0.15) is 28.8 Å². The largest absolute Gasteiger partial charge is 0.271 e. The zero-order chi connectivity index (χ0) is 18.6. The summed E-state index contributed by atoms with van der Waals surface area (Å²) < 4.78 is 27.6. The number of carbonyl (C=O) groups excluding carboxylic acids is 1. The summed E-state index contributed by atoms with van der Waals surface area (Å²) in [6, 6.07) is 13.5. The smallest absolute Gasteiger partial charge is 0.267 e. The van der Waals surface area contributed by atoms with Crippen molar-refractivity contribution in [1.82, 2.24) is 9.73 Å². The van der Waals surface area contributed by atoms with Crippen molar-refractivity contribution in [2.75, 3.05) is 13.1 Å². The maximum atomic E-state index is 12.6. The Morgan fingerprint density at radius 3 is 2.50 bits per heavy atom. The molecule has 2 aromatic rings. The van der Waals surface area contributed by atoms with Crippen molar-refractivity contribution in [3.8, 4) is 0 Å². The highest BCUT2D eigenvalue weighted by atomic mass is 79.9. The number of rotatable bonds is 5. The van der Waals surface area contributed by atoms with Crippen molar-refractivity contribution in [3.05, 3.63) is 64.1 Å². The number of halogens is 1. The Morgan fingerprint density at radius 1 is 1.12 bits per heavy atom. The topological polar surface area (TPSA) is 78.8 Å². The van der Waals surface area contributed by atoms with Gasteiger partial charge < -0.3 is 0 Å². The van der Waals surface area contributed by atoms with E-state index in [9.17, 15) is 13.2 Å². The van der Waals surface area contributed by atoms with E-state index >= 15 is 0 Å². The lowest BCUT2D eigenvalue weighted by molar-refractivity contribution is 0.0955. The Kier molecular flexibility index (Phi) is 5.85. The van der Waals surface area contributed by atoms with Gasteiger partial charge in [0, 0.05) is 23.1 Å². The summed E-state index contributed by atoms with van der Waals surface area (Å²) in [5.74, 6) is -0.461. The average Bonchev–Trinajstić information content (AvgIpc) is 3.19. The third-order valence-electron chi connectivity index (χ3n) is 4.05. The van der Waals surface area contributed by atoms with Crippen LogP contribution in [0.3, 0.4) is 0 Å². The van der Waals surface area contributed by atoms with E-state index in [2.05, 4.69) is 26.5 Å². The van der Waals surface area contributed by atoms with Crippen LogP contribution in [0.15, 0.2) is 63.0 Å². The first-order valence-corrected chi connectivity index (χ1v) is 10.4. The fourth-order valence-corrected chi connectivity index (χ4v) is 4.48. The van der Waals surface area contributed by atoms with Crippen molar-refractivity contribution in [2.24, 2.45) is 5.10 Å². The van der Waals surface area contributed by atoms with Crippen LogP contribution in [-0.4, -0.2) is 37.9 Å². The monoisotopic (exact) mass is 435 g/mol. The third kappa shape index (κ3) is 4.38. The lowest BCUT2D eigenvalue weighted by atomic mass is 10.2. The van der Waals surface area contributed by atoms with E-state index in [1.165, 1.54) is 22.7 Å². The third-order valence-corrected chi connectivity index (χ3v) is 6.47. The molecule has 0 unspecified atom stereocenters. The summed E-state index contributed by atoms with van der Waals surface area (Å²) in [7, 11) is -3.55. The number of sulfonamides is 1. The summed E-state index contributed by atoms with van der Waals surface area (Å²) in [6.45, 7) is 1.05. The van der Waals surface area contributed by atoms with Gasteiger partial charge in [-0.2, -0.15) is 9.41 Å². The zero-order valence-electron chi connectivity index (χ0n) is 13.9. The Labute approximate surface area is 161 Å². The van der Waals surface area contributed by atoms with Gasteiger partial charge in [0.05, 0.1) is 11.1 Å². The summed E-state index contributed by atoms with van der Waals surface area (Å²) in [5, 5.41) is 3.92. The van der Waals surface area contributed by atoms with Gasteiger partial charge in [0.2, 0.25) is 10.0 Å². The number of benzene rings is 2. The number of nitrogens with one attached hydrogen (secondary N) is 1. The van der Waals surface area contributed by atoms with Crippen LogP contribution in [0.25, 0.3) is 0 Å². The molecule has 2 aromatic carbocycles. The molecule has 0 aromatic heterocycles. The lowest BCUT2D eigenvalue weighted by Crippen LogP contribution is -2.28. The van der Waals surface area contributed by atoms with Crippen molar-refractivity contribution in [1.29, 1.82) is 0 Å². The first-order chi connectivity index (χ1) is 12.5. The summed E-state index contributed by atoms with van der Waals surface area (Å²) in [5.41, 5.74) is 3.50. The molecular formula is C18H18BrN3O3S. The van der Waals surface area contributed by atoms with Gasteiger partial charge in [-0.25, -0.2) is 13.8 Å². The normalized spacial score (nSPS) is 15.4. The molecule has 1 aliphatic rings. The quantitative estimate of drug-likeness (QED) is 0.578. The second kappa shape index (κ2) is 8.11. The minimum atomic E-state index is -3.55. The zero-order valence-corrected chi connectivity index (χ0v) is 16.3. The standard InChI is InChI=1S/C18H18BrN3O3S/c19-16-8-6-14(7-9-16)13-20-21-18(23)15-4-3-5-17(12-15)26(24,25)22-10-1-2-11-22/h3-9,12-13H,1-2,10-11H2,(H,21,23). The van der Waals surface area contributed by atoms with E-state index in [0.717, 1.165) is 22.9 Å². The van der Waals surface area contributed by atoms with E-state index < -0.39 is 15.9 Å². The minimum absolute atomic E-state index is 0.129. The molecule has 0 aliphatic carbocycles. The number of hydrogen-bond donors (Lipinski definition) is 1. The molecule has 0 atom stereocenters. The molecule has 6 nitrogen and oxygen atoms in total. The van der Waals surface area contributed by atoms with Crippen molar-refractivity contribution in [3.63, 3.8) is 0 Å². The second-order valence-electron chi connectivity index (χ2n) is 5.89. The van der Waals surface area contributed by atoms with Gasteiger partial charge in [-0.3, -0.25) is 4.79 Å². The highest BCUT2D eigenvalue weighted by molar-refractivity contribution is 9.10. The van der Waals surface area contributed by atoms with Gasteiger partial charge in [-0.1, -0.05) is 34.1 Å². The summed E-state index contributed by atoms with van der Waals surface area (Å²) in [4.78, 5) is 12.4. The van der Waals surface area contributed by atoms with Crippen LogP contribution in [-0.2, 0) is 10.0 Å². The summed E-state index contributed by atoms with van der Waals surface area (Å²) >= 11 is 3.35. The van der Waals surface area contributed by atoms with Gasteiger partial charge in [-0.05, 0) is 48.7 Å². The van der Waals surface area contributed by atoms with Crippen LogP contribution in [0.2, 0.25) is 0 Å². The second-order valence-corrected chi connectivity index (χ2v) is 8.74. The molecule has 1 saturated heterocycles. The molecule has 1 N–H and O–H groups in total. The fraction of sp³-hybridized carbons (Fsp3) is 0.222. The van der Waals surface area contributed by atoms with Crippen molar-refractivity contribution in [2.45, 2.75) is 17.7 Å². The molecule has 0 radical (unpaired) electrons. The number of hydrazone groups is 1. The highest BCUT2D eigenvalue weighted by Crippen LogP contribution is 2.21. The van der Waals surface area contributed by atoms with Gasteiger partial charge in [0.15, 0.2) is 0 Å². The van der Waals surface area contributed by atoms with Gasteiger partial charge >= 0.3 is 0 Å². The lowest BCUT2D eigenvalue weighted by Gasteiger charge is -2.15. The van der Waals surface area contributed by atoms with Gasteiger partial charge in [-0.15, -0.1) is 0 Å². The highest BCUT2D eigenvalue weighted by Gasteiger charge is 2.27. The van der Waals surface area contributed by atoms with Crippen molar-refractivity contribution >= 4 is 38.1 Å². The van der Waals surface area contributed by atoms with E-state index in [0.29, 0.717) is 13.1 Å². The molecule has 0 saturated carbocycles. The number of carbonyl (C=O) groups is 1. The van der Waals surface area contributed by atoms with Gasteiger partial charge in [0.25, 0.3) is 5.91 Å². The number of amides is 1.